The summed E-state index contributed by atoms with van der Waals surface area (Å²) in [5, 5.41) is 2.64. The molecule has 0 saturated carbocycles. The van der Waals surface area contributed by atoms with E-state index in [1.165, 1.54) is 6.92 Å². The third-order valence-electron chi connectivity index (χ3n) is 2.24. The topological polar surface area (TPSA) is 63.2 Å². The van der Waals surface area contributed by atoms with Gasteiger partial charge in [-0.25, -0.2) is 0 Å². The SMILES string of the molecule is CC(=O)CCC(=O)[C@H](C)NC(=O)C(C)(C)C. The van der Waals surface area contributed by atoms with Crippen LogP contribution >= 0.6 is 0 Å². The first-order chi connectivity index (χ1) is 7.14. The van der Waals surface area contributed by atoms with Crippen LogP contribution in [0.1, 0.15) is 47.5 Å². The number of ketones is 2. The summed E-state index contributed by atoms with van der Waals surface area (Å²) in [6, 6.07) is -0.522. The van der Waals surface area contributed by atoms with Gasteiger partial charge in [-0.05, 0) is 13.8 Å². The number of carbonyl (C=O) groups is 3. The molecule has 0 rings (SSSR count). The second-order valence-electron chi connectivity index (χ2n) is 5.11. The fourth-order valence-corrected chi connectivity index (χ4v) is 1.01. The molecule has 0 aliphatic carbocycles. The quantitative estimate of drug-likeness (QED) is 0.773. The van der Waals surface area contributed by atoms with Gasteiger partial charge in [0.15, 0.2) is 5.78 Å². The zero-order valence-electron chi connectivity index (χ0n) is 10.7. The van der Waals surface area contributed by atoms with Crippen molar-refractivity contribution in [1.29, 1.82) is 0 Å². The second-order valence-corrected chi connectivity index (χ2v) is 5.11. The van der Waals surface area contributed by atoms with Crippen LogP contribution in [0.3, 0.4) is 0 Å². The Morgan fingerprint density at radius 2 is 1.62 bits per heavy atom. The van der Waals surface area contributed by atoms with Crippen LogP contribution < -0.4 is 5.32 Å². The number of amides is 1. The van der Waals surface area contributed by atoms with E-state index in [2.05, 4.69) is 5.32 Å². The molecule has 0 aromatic carbocycles. The van der Waals surface area contributed by atoms with Crippen LogP contribution in [-0.2, 0) is 14.4 Å². The smallest absolute Gasteiger partial charge is 0.225 e. The minimum absolute atomic E-state index is 0.0114. The largest absolute Gasteiger partial charge is 0.346 e. The molecule has 0 spiro atoms. The second kappa shape index (κ2) is 5.77. The van der Waals surface area contributed by atoms with Crippen molar-refractivity contribution in [2.45, 2.75) is 53.5 Å². The Morgan fingerprint density at radius 1 is 1.12 bits per heavy atom. The molecule has 0 fully saturated rings. The van der Waals surface area contributed by atoms with Gasteiger partial charge >= 0.3 is 0 Å². The molecule has 0 heterocycles. The lowest BCUT2D eigenvalue weighted by Gasteiger charge is -2.21. The standard InChI is InChI=1S/C12H21NO3/c1-8(14)6-7-10(15)9(2)13-11(16)12(3,4)5/h9H,6-7H2,1-5H3,(H,13,16)/t9-/m0/s1. The van der Waals surface area contributed by atoms with Gasteiger partial charge in [0.05, 0.1) is 6.04 Å². The number of hydrogen-bond donors (Lipinski definition) is 1. The fourth-order valence-electron chi connectivity index (χ4n) is 1.01. The molecule has 1 atom stereocenters. The molecule has 0 saturated heterocycles. The fraction of sp³-hybridized carbons (Fsp3) is 0.750. The molecule has 16 heavy (non-hydrogen) atoms. The Morgan fingerprint density at radius 3 is 2.00 bits per heavy atom. The third-order valence-corrected chi connectivity index (χ3v) is 2.24. The number of Topliss-reactive ketones (excluding diaryl/α,β-unsaturated/α-hetero) is 2. The maximum atomic E-state index is 11.6. The van der Waals surface area contributed by atoms with Crippen molar-refractivity contribution in [2.24, 2.45) is 5.41 Å². The molecule has 0 aliphatic rings. The van der Waals surface area contributed by atoms with E-state index in [0.29, 0.717) is 0 Å². The van der Waals surface area contributed by atoms with E-state index in [-0.39, 0.29) is 30.3 Å². The minimum Gasteiger partial charge on any atom is -0.346 e. The zero-order chi connectivity index (χ0) is 12.9. The van der Waals surface area contributed by atoms with Crippen LogP contribution in [0.2, 0.25) is 0 Å². The average molecular weight is 227 g/mol. The van der Waals surface area contributed by atoms with E-state index < -0.39 is 11.5 Å². The maximum Gasteiger partial charge on any atom is 0.225 e. The van der Waals surface area contributed by atoms with Gasteiger partial charge in [0.1, 0.15) is 5.78 Å². The van der Waals surface area contributed by atoms with Gasteiger partial charge in [0, 0.05) is 18.3 Å². The highest BCUT2D eigenvalue weighted by Crippen LogP contribution is 2.13. The molecular formula is C12H21NO3. The molecule has 1 N–H and O–H groups in total. The molecule has 1 amide bonds. The highest BCUT2D eigenvalue weighted by atomic mass is 16.2. The lowest BCUT2D eigenvalue weighted by molar-refractivity contribution is -0.132. The number of carbonyl (C=O) groups excluding carboxylic acids is 3. The Labute approximate surface area is 96.8 Å². The van der Waals surface area contributed by atoms with Gasteiger partial charge < -0.3 is 10.1 Å². The van der Waals surface area contributed by atoms with E-state index in [0.717, 1.165) is 0 Å². The summed E-state index contributed by atoms with van der Waals surface area (Å²) in [6.45, 7) is 8.46. The van der Waals surface area contributed by atoms with Crippen molar-refractivity contribution in [3.05, 3.63) is 0 Å². The molecule has 92 valence electrons. The monoisotopic (exact) mass is 227 g/mol. The first kappa shape index (κ1) is 14.8. The number of hydrogen-bond acceptors (Lipinski definition) is 3. The summed E-state index contributed by atoms with van der Waals surface area (Å²) in [5.41, 5.74) is -0.505. The number of nitrogens with one attached hydrogen (secondary N) is 1. The van der Waals surface area contributed by atoms with Crippen LogP contribution in [-0.4, -0.2) is 23.5 Å². The minimum atomic E-state index is -0.522. The predicted octanol–water partition coefficient (Wildman–Crippen LogP) is 1.48. The van der Waals surface area contributed by atoms with E-state index >= 15 is 0 Å². The Hall–Kier alpha value is -1.19. The van der Waals surface area contributed by atoms with Crippen molar-refractivity contribution in [3.8, 4) is 0 Å². The van der Waals surface area contributed by atoms with Gasteiger partial charge in [-0.3, -0.25) is 9.59 Å². The van der Waals surface area contributed by atoms with Crippen molar-refractivity contribution in [3.63, 3.8) is 0 Å². The molecule has 0 bridgehead atoms. The van der Waals surface area contributed by atoms with Crippen LogP contribution in [0.25, 0.3) is 0 Å². The van der Waals surface area contributed by atoms with Crippen LogP contribution in [0.4, 0.5) is 0 Å². The lowest BCUT2D eigenvalue weighted by Crippen LogP contribution is -2.44. The Bertz CT molecular complexity index is 289. The van der Waals surface area contributed by atoms with Gasteiger partial charge in [0.25, 0.3) is 0 Å². The van der Waals surface area contributed by atoms with E-state index in [9.17, 15) is 14.4 Å². The predicted molar refractivity (Wildman–Crippen MR) is 62.0 cm³/mol. The van der Waals surface area contributed by atoms with Gasteiger partial charge in [-0.2, -0.15) is 0 Å². The van der Waals surface area contributed by atoms with Gasteiger partial charge in [0.2, 0.25) is 5.91 Å². The van der Waals surface area contributed by atoms with Crippen LogP contribution in [0, 0.1) is 5.41 Å². The normalized spacial score (nSPS) is 13.1. The zero-order valence-corrected chi connectivity index (χ0v) is 10.7. The Balaban J connectivity index is 4.16. The third kappa shape index (κ3) is 5.63. The molecule has 4 heteroatoms. The van der Waals surface area contributed by atoms with Crippen molar-refractivity contribution in [1.82, 2.24) is 5.32 Å². The summed E-state index contributed by atoms with van der Waals surface area (Å²) in [4.78, 5) is 33.8. The lowest BCUT2D eigenvalue weighted by atomic mass is 9.95. The molecule has 0 unspecified atom stereocenters. The van der Waals surface area contributed by atoms with E-state index in [1.54, 1.807) is 27.7 Å². The summed E-state index contributed by atoms with van der Waals surface area (Å²) in [5.74, 6) is -0.272. The average Bonchev–Trinajstić information content (AvgIpc) is 2.12. The summed E-state index contributed by atoms with van der Waals surface area (Å²) < 4.78 is 0. The molecule has 0 radical (unpaired) electrons. The number of rotatable bonds is 5. The molecular weight excluding hydrogens is 206 g/mol. The first-order valence-corrected chi connectivity index (χ1v) is 5.47. The molecule has 0 aliphatic heterocycles. The summed E-state index contributed by atoms with van der Waals surface area (Å²) in [6.07, 6.45) is 0.440. The molecule has 4 nitrogen and oxygen atoms in total. The van der Waals surface area contributed by atoms with Crippen molar-refractivity contribution < 1.29 is 14.4 Å². The highest BCUT2D eigenvalue weighted by Gasteiger charge is 2.24. The van der Waals surface area contributed by atoms with Gasteiger partial charge in [-0.15, -0.1) is 0 Å². The maximum absolute atomic E-state index is 11.6. The molecule has 0 aromatic rings. The van der Waals surface area contributed by atoms with Gasteiger partial charge in [-0.1, -0.05) is 20.8 Å². The molecule has 0 aromatic heterocycles. The van der Waals surface area contributed by atoms with Crippen LogP contribution in [0.5, 0.6) is 0 Å². The summed E-state index contributed by atoms with van der Waals surface area (Å²) in [7, 11) is 0. The van der Waals surface area contributed by atoms with Crippen molar-refractivity contribution >= 4 is 17.5 Å². The first-order valence-electron chi connectivity index (χ1n) is 5.47. The Kier molecular flexibility index (Phi) is 5.35. The van der Waals surface area contributed by atoms with E-state index in [1.807, 2.05) is 0 Å². The van der Waals surface area contributed by atoms with Crippen molar-refractivity contribution in [2.75, 3.05) is 0 Å². The highest BCUT2D eigenvalue weighted by molar-refractivity contribution is 5.92. The van der Waals surface area contributed by atoms with Crippen LogP contribution in [0.15, 0.2) is 0 Å². The summed E-state index contributed by atoms with van der Waals surface area (Å²) >= 11 is 0. The van der Waals surface area contributed by atoms with E-state index in [4.69, 9.17) is 0 Å².